The molecule has 1 saturated heterocycles. The van der Waals surface area contributed by atoms with E-state index in [1.807, 2.05) is 6.92 Å². The molecule has 0 spiro atoms. The lowest BCUT2D eigenvalue weighted by molar-refractivity contribution is -0.143. The van der Waals surface area contributed by atoms with Crippen molar-refractivity contribution in [2.24, 2.45) is 0 Å². The van der Waals surface area contributed by atoms with Crippen molar-refractivity contribution in [3.05, 3.63) is 0 Å². The number of rotatable bonds is 6. The summed E-state index contributed by atoms with van der Waals surface area (Å²) in [5.74, 6) is 2.59. The fourth-order valence-electron chi connectivity index (χ4n) is 1.52. The van der Waals surface area contributed by atoms with Gasteiger partial charge < -0.3 is 4.74 Å². The van der Waals surface area contributed by atoms with E-state index < -0.39 is 0 Å². The Labute approximate surface area is 101 Å². The molecule has 0 aromatic carbocycles. The van der Waals surface area contributed by atoms with Gasteiger partial charge in [0.15, 0.2) is 0 Å². The Kier molecular flexibility index (Phi) is 7.36. The predicted octanol–water partition coefficient (Wildman–Crippen LogP) is 3.31. The SMILES string of the molecule is CCOC(=O)CCCCC1SCCCS1. The normalized spacial score (nSPS) is 17.7. The maximum atomic E-state index is 11.1. The van der Waals surface area contributed by atoms with Crippen LogP contribution >= 0.6 is 23.5 Å². The number of carbonyl (C=O) groups excluding carboxylic acids is 1. The van der Waals surface area contributed by atoms with Crippen LogP contribution in [0.3, 0.4) is 0 Å². The van der Waals surface area contributed by atoms with Crippen LogP contribution in [0.5, 0.6) is 0 Å². The first kappa shape index (κ1) is 13.2. The lowest BCUT2D eigenvalue weighted by Crippen LogP contribution is -2.07. The van der Waals surface area contributed by atoms with E-state index in [0.717, 1.165) is 17.4 Å². The summed E-state index contributed by atoms with van der Waals surface area (Å²) in [6.07, 6.45) is 5.33. The third-order valence-corrected chi connectivity index (χ3v) is 5.35. The van der Waals surface area contributed by atoms with Gasteiger partial charge in [-0.25, -0.2) is 0 Å². The molecule has 0 aromatic heterocycles. The third-order valence-electron chi connectivity index (χ3n) is 2.27. The maximum absolute atomic E-state index is 11.1. The Balaban J connectivity index is 1.93. The van der Waals surface area contributed by atoms with Crippen molar-refractivity contribution in [2.75, 3.05) is 18.1 Å². The monoisotopic (exact) mass is 248 g/mol. The van der Waals surface area contributed by atoms with Gasteiger partial charge in [-0.1, -0.05) is 6.42 Å². The number of carbonyl (C=O) groups is 1. The van der Waals surface area contributed by atoms with E-state index in [2.05, 4.69) is 23.5 Å². The molecule has 0 N–H and O–H groups in total. The summed E-state index contributed by atoms with van der Waals surface area (Å²) in [6, 6.07) is 0. The molecule has 2 nitrogen and oxygen atoms in total. The molecule has 0 saturated carbocycles. The van der Waals surface area contributed by atoms with Crippen LogP contribution in [0.1, 0.15) is 39.0 Å². The zero-order chi connectivity index (χ0) is 10.9. The first-order valence-electron chi connectivity index (χ1n) is 5.71. The van der Waals surface area contributed by atoms with E-state index in [0.29, 0.717) is 13.0 Å². The second-order valence-corrected chi connectivity index (χ2v) is 6.50. The molecular formula is C11H20O2S2. The summed E-state index contributed by atoms with van der Waals surface area (Å²) in [7, 11) is 0. The molecule has 0 amide bonds. The third kappa shape index (κ3) is 6.36. The van der Waals surface area contributed by atoms with Crippen LogP contribution in [0.4, 0.5) is 0 Å². The molecule has 0 aromatic rings. The van der Waals surface area contributed by atoms with E-state index in [1.165, 1.54) is 24.3 Å². The van der Waals surface area contributed by atoms with E-state index in [-0.39, 0.29) is 5.97 Å². The van der Waals surface area contributed by atoms with Gasteiger partial charge in [-0.2, -0.15) is 0 Å². The van der Waals surface area contributed by atoms with Gasteiger partial charge >= 0.3 is 5.97 Å². The molecule has 0 aliphatic carbocycles. The molecule has 15 heavy (non-hydrogen) atoms. The molecule has 1 rings (SSSR count). The van der Waals surface area contributed by atoms with Crippen LogP contribution in [0, 0.1) is 0 Å². The minimum atomic E-state index is -0.0403. The van der Waals surface area contributed by atoms with Gasteiger partial charge in [0.05, 0.1) is 11.2 Å². The molecule has 4 heteroatoms. The standard InChI is InChI=1S/C11H20O2S2/c1-2-13-10(12)6-3-4-7-11-14-8-5-9-15-11/h11H,2-9H2,1H3. The van der Waals surface area contributed by atoms with E-state index in [4.69, 9.17) is 4.74 Å². The molecule has 0 radical (unpaired) electrons. The van der Waals surface area contributed by atoms with Crippen LogP contribution in [0.25, 0.3) is 0 Å². The molecule has 1 aliphatic rings. The van der Waals surface area contributed by atoms with Crippen molar-refractivity contribution in [2.45, 2.75) is 43.6 Å². The van der Waals surface area contributed by atoms with Crippen molar-refractivity contribution in [3.8, 4) is 0 Å². The minimum Gasteiger partial charge on any atom is -0.466 e. The number of ether oxygens (including phenoxy) is 1. The van der Waals surface area contributed by atoms with E-state index in [9.17, 15) is 4.79 Å². The number of hydrogen-bond acceptors (Lipinski definition) is 4. The Morgan fingerprint density at radius 2 is 2.07 bits per heavy atom. The smallest absolute Gasteiger partial charge is 0.305 e. The molecule has 1 heterocycles. The number of unbranched alkanes of at least 4 members (excludes halogenated alkanes) is 1. The predicted molar refractivity (Wildman–Crippen MR) is 68.4 cm³/mol. The van der Waals surface area contributed by atoms with Crippen LogP contribution in [-0.2, 0) is 9.53 Å². The van der Waals surface area contributed by atoms with Crippen molar-refractivity contribution >= 4 is 29.5 Å². The average molecular weight is 248 g/mol. The van der Waals surface area contributed by atoms with E-state index in [1.54, 1.807) is 0 Å². The topological polar surface area (TPSA) is 26.3 Å². The largest absolute Gasteiger partial charge is 0.466 e. The molecule has 1 aliphatic heterocycles. The summed E-state index contributed by atoms with van der Waals surface area (Å²) < 4.78 is 5.66. The fourth-order valence-corrected chi connectivity index (χ4v) is 4.48. The number of hydrogen-bond donors (Lipinski definition) is 0. The molecular weight excluding hydrogens is 228 g/mol. The van der Waals surface area contributed by atoms with Gasteiger partial charge in [0.25, 0.3) is 0 Å². The molecule has 0 atom stereocenters. The highest BCUT2D eigenvalue weighted by atomic mass is 32.2. The Bertz CT molecular complexity index is 179. The quantitative estimate of drug-likeness (QED) is 0.532. The van der Waals surface area contributed by atoms with Crippen molar-refractivity contribution < 1.29 is 9.53 Å². The summed E-state index contributed by atoms with van der Waals surface area (Å²) in [6.45, 7) is 2.36. The Morgan fingerprint density at radius 1 is 1.33 bits per heavy atom. The molecule has 88 valence electrons. The first-order chi connectivity index (χ1) is 7.33. The second kappa shape index (κ2) is 8.34. The van der Waals surface area contributed by atoms with Gasteiger partial charge in [0.1, 0.15) is 0 Å². The van der Waals surface area contributed by atoms with Crippen molar-refractivity contribution in [3.63, 3.8) is 0 Å². The second-order valence-electron chi connectivity index (χ2n) is 3.58. The van der Waals surface area contributed by atoms with Gasteiger partial charge in [-0.3, -0.25) is 4.79 Å². The van der Waals surface area contributed by atoms with Crippen LogP contribution in [-0.4, -0.2) is 28.7 Å². The Hall–Kier alpha value is 0.170. The van der Waals surface area contributed by atoms with Gasteiger partial charge in [-0.15, -0.1) is 23.5 Å². The first-order valence-corrected chi connectivity index (χ1v) is 7.81. The summed E-state index contributed by atoms with van der Waals surface area (Å²) >= 11 is 4.16. The van der Waals surface area contributed by atoms with Gasteiger partial charge in [0, 0.05) is 6.42 Å². The maximum Gasteiger partial charge on any atom is 0.305 e. The number of esters is 1. The van der Waals surface area contributed by atoms with E-state index >= 15 is 0 Å². The fraction of sp³-hybridized carbons (Fsp3) is 0.909. The number of thioether (sulfide) groups is 2. The highest BCUT2D eigenvalue weighted by Crippen LogP contribution is 2.33. The van der Waals surface area contributed by atoms with Crippen LogP contribution in [0.2, 0.25) is 0 Å². The zero-order valence-electron chi connectivity index (χ0n) is 9.37. The minimum absolute atomic E-state index is 0.0403. The molecule has 1 fully saturated rings. The summed E-state index contributed by atoms with van der Waals surface area (Å²) in [5.41, 5.74) is 0. The van der Waals surface area contributed by atoms with Crippen molar-refractivity contribution in [1.29, 1.82) is 0 Å². The highest BCUT2D eigenvalue weighted by molar-refractivity contribution is 8.17. The summed E-state index contributed by atoms with van der Waals surface area (Å²) in [5, 5.41) is 0. The molecule has 0 unspecified atom stereocenters. The molecule has 0 bridgehead atoms. The zero-order valence-corrected chi connectivity index (χ0v) is 11.0. The van der Waals surface area contributed by atoms with Crippen LogP contribution in [0.15, 0.2) is 0 Å². The lowest BCUT2D eigenvalue weighted by atomic mass is 10.2. The van der Waals surface area contributed by atoms with Crippen molar-refractivity contribution in [1.82, 2.24) is 0 Å². The van der Waals surface area contributed by atoms with Gasteiger partial charge in [0.2, 0.25) is 0 Å². The highest BCUT2D eigenvalue weighted by Gasteiger charge is 2.13. The lowest BCUT2D eigenvalue weighted by Gasteiger charge is -2.20. The summed E-state index contributed by atoms with van der Waals surface area (Å²) in [4.78, 5) is 11.1. The van der Waals surface area contributed by atoms with Crippen LogP contribution < -0.4 is 0 Å². The van der Waals surface area contributed by atoms with Gasteiger partial charge in [-0.05, 0) is 37.7 Å². The average Bonchev–Trinajstić information content (AvgIpc) is 2.26. The Morgan fingerprint density at radius 3 is 2.73 bits per heavy atom.